The normalized spacial score (nSPS) is 11.1. The third-order valence-corrected chi connectivity index (χ3v) is 23.8. The summed E-state index contributed by atoms with van der Waals surface area (Å²) in [6.07, 6.45) is 5.24. The van der Waals surface area contributed by atoms with Gasteiger partial charge in [-0.25, -0.2) is 59.8 Å². The first-order valence-electron chi connectivity index (χ1n) is 45.4. The van der Waals surface area contributed by atoms with Crippen LogP contribution in [0.5, 0.6) is 0 Å². The Labute approximate surface area is 811 Å². The van der Waals surface area contributed by atoms with Crippen LogP contribution in [0.4, 0.5) is 0 Å². The summed E-state index contributed by atoms with van der Waals surface area (Å²) in [5, 5.41) is 28.2. The maximum Gasteiger partial charge on any atom is 0.227 e. The summed E-state index contributed by atoms with van der Waals surface area (Å²) in [4.78, 5) is 58.7. The van der Waals surface area contributed by atoms with Crippen molar-refractivity contribution in [3.63, 3.8) is 0 Å². The molecule has 0 atom stereocenters. The molecule has 6 heterocycles. The van der Waals surface area contributed by atoms with E-state index in [1.165, 1.54) is 0 Å². The van der Waals surface area contributed by atoms with Crippen molar-refractivity contribution in [1.29, 1.82) is 15.8 Å². The highest BCUT2D eigenvalue weighted by atomic mass is 16.4. The Morgan fingerprint density at radius 1 is 0.206 bits per heavy atom. The van der Waals surface area contributed by atoms with Crippen LogP contribution in [0, 0.1) is 34.0 Å². The van der Waals surface area contributed by atoms with Crippen molar-refractivity contribution in [3.8, 4) is 210 Å². The second-order valence-corrected chi connectivity index (χ2v) is 32.8. The van der Waals surface area contributed by atoms with Crippen LogP contribution in [0.2, 0.25) is 0 Å². The van der Waals surface area contributed by atoms with Gasteiger partial charge >= 0.3 is 0 Å². The summed E-state index contributed by atoms with van der Waals surface area (Å²) < 4.78 is 19.1. The summed E-state index contributed by atoms with van der Waals surface area (Å²) in [6, 6.07) is 145. The van der Waals surface area contributed by atoms with Gasteiger partial charge in [-0.3, -0.25) is 0 Å². The van der Waals surface area contributed by atoms with E-state index in [0.29, 0.717) is 104 Å². The lowest BCUT2D eigenvalue weighted by Crippen LogP contribution is -2.02. The number of benzene rings is 17. The Balaban J connectivity index is 0.000000125. The van der Waals surface area contributed by atoms with Gasteiger partial charge in [-0.2, -0.15) is 15.8 Å². The second kappa shape index (κ2) is 40.0. The molecule has 0 fully saturated rings. The van der Waals surface area contributed by atoms with Crippen LogP contribution < -0.4 is 0 Å². The molecule has 662 valence electrons. The first-order chi connectivity index (χ1) is 69.6. The van der Waals surface area contributed by atoms with Crippen molar-refractivity contribution >= 4 is 38.9 Å². The lowest BCUT2D eigenvalue weighted by molar-refractivity contribution is 0.619. The van der Waals surface area contributed by atoms with E-state index in [1.54, 1.807) is 12.2 Å². The minimum atomic E-state index is 0.518. The van der Waals surface area contributed by atoms with Gasteiger partial charge in [-0.05, 0) is 165 Å². The molecule has 18 nitrogen and oxygen atoms in total. The Bertz CT molecular complexity index is 8620. The van der Waals surface area contributed by atoms with Gasteiger partial charge in [0.25, 0.3) is 0 Å². The largest absolute Gasteiger partial charge is 0.436 e. The molecule has 0 amide bonds. The Morgan fingerprint density at radius 3 is 0.809 bits per heavy atom. The fraction of sp³-hybridized carbons (Fsp3) is 0. The van der Waals surface area contributed by atoms with Gasteiger partial charge in [-0.15, -0.1) is 0 Å². The van der Waals surface area contributed by atoms with E-state index < -0.39 is 0 Å². The highest BCUT2D eigenvalue weighted by Crippen LogP contribution is 2.44. The van der Waals surface area contributed by atoms with E-state index in [1.807, 2.05) is 394 Å². The molecule has 0 spiro atoms. The zero-order valence-electron chi connectivity index (χ0n) is 75.5. The van der Waals surface area contributed by atoms with Crippen LogP contribution in [0.3, 0.4) is 0 Å². The monoisotopic (exact) mass is 1810 g/mol. The number of hydrogen-bond acceptors (Lipinski definition) is 18. The summed E-state index contributed by atoms with van der Waals surface area (Å²) in [5.74, 6) is 6.84. The molecule has 17 aromatic carbocycles. The number of aromatic nitrogens is 12. The van der Waals surface area contributed by atoms with Crippen molar-refractivity contribution in [2.45, 2.75) is 0 Å². The van der Waals surface area contributed by atoms with Crippen LogP contribution in [-0.4, -0.2) is 59.8 Å². The molecule has 141 heavy (non-hydrogen) atoms. The quantitative estimate of drug-likeness (QED) is 0.0642. The van der Waals surface area contributed by atoms with Gasteiger partial charge in [0, 0.05) is 83.5 Å². The molecule has 0 N–H and O–H groups in total. The SMILES string of the molecule is C=C/C=C(\C=C)c1nc(-c2ccccc2)nc(-c2ccc(-c3cc(-c4ccc(C#N)cc4)c4nc(-c5ccccc5)oc4c3)cc2)n1.N#Cc1ccc(-c2cc(-c3cccc(-c4nc(-c5ccccc5)nc(-c5ccccc5)n4)c3)cc3oc(-c4ccccc4)nc23)cc1.N#Cc1ccc(-c2cc(-c3ccccc3-c3nc(-c4ccccc4)nc(-c4ccccc4)n3)cc3oc(-c4ccccc4)nc23)cc1. The van der Waals surface area contributed by atoms with Crippen LogP contribution >= 0.6 is 0 Å². The van der Waals surface area contributed by atoms with Gasteiger partial charge in [-0.1, -0.05) is 341 Å². The summed E-state index contributed by atoms with van der Waals surface area (Å²) in [5.41, 5.74) is 27.9. The minimum absolute atomic E-state index is 0.518. The van der Waals surface area contributed by atoms with Crippen LogP contribution in [0.25, 0.3) is 231 Å². The molecule has 0 radical (unpaired) electrons. The maximum absolute atomic E-state index is 9.42. The molecule has 0 unspecified atom stereocenters. The number of nitrogens with zero attached hydrogens (tertiary/aromatic N) is 15. The van der Waals surface area contributed by atoms with Gasteiger partial charge < -0.3 is 13.3 Å². The van der Waals surface area contributed by atoms with E-state index in [-0.39, 0.29) is 0 Å². The molecule has 0 saturated heterocycles. The molecule has 23 aromatic rings. The molecule has 0 saturated carbocycles. The lowest BCUT2D eigenvalue weighted by Gasteiger charge is -2.13. The summed E-state index contributed by atoms with van der Waals surface area (Å²) in [7, 11) is 0. The van der Waals surface area contributed by atoms with Crippen LogP contribution in [0.15, 0.2) is 469 Å². The Hall–Kier alpha value is -20.1. The van der Waals surface area contributed by atoms with E-state index in [9.17, 15) is 15.8 Å². The fourth-order valence-electron chi connectivity index (χ4n) is 16.7. The molecule has 0 bridgehead atoms. The third-order valence-electron chi connectivity index (χ3n) is 23.8. The average Bonchev–Trinajstić information content (AvgIpc) is 1.64. The summed E-state index contributed by atoms with van der Waals surface area (Å²) >= 11 is 0. The van der Waals surface area contributed by atoms with Crippen molar-refractivity contribution in [3.05, 3.63) is 479 Å². The molecular formula is C123H77N15O3. The molecule has 6 aromatic heterocycles. The van der Waals surface area contributed by atoms with Crippen molar-refractivity contribution in [2.24, 2.45) is 0 Å². The van der Waals surface area contributed by atoms with E-state index in [4.69, 9.17) is 73.1 Å². The fourth-order valence-corrected chi connectivity index (χ4v) is 16.7. The second-order valence-electron chi connectivity index (χ2n) is 32.8. The zero-order valence-corrected chi connectivity index (χ0v) is 75.5. The molecule has 23 rings (SSSR count). The van der Waals surface area contributed by atoms with Gasteiger partial charge in [0.2, 0.25) is 17.7 Å². The molecular weight excluding hydrogens is 1740 g/mol. The standard InChI is InChI=1S/2C41H25N5O.C41H27N5O/c42-26-27-20-22-28(23-21-27)35-24-32(25-36-37(35)43-41(47-36)31-16-8-3-9-17-31)33-18-10-11-19-34(33)40-45-38(29-12-4-1-5-13-29)44-39(46-40)30-14-6-2-7-15-30;42-26-27-19-21-28(22-20-27)35-24-34(25-36-37(35)43-41(47-36)31-15-8-3-9-16-31)32-17-10-18-33(23-32)40-45-38(29-11-4-1-5-12-29)44-39(46-40)30-13-6-2-7-14-30;1-3-11-28(4-2)38-44-39(31-12-7-5-8-13-31)46-40(45-38)32-22-20-29(21-23-32)34-24-35(30-18-16-27(26-42)17-19-30)37-36(25-34)47-41(43-37)33-14-9-6-10-15-33/h2*1-25H;3-25H,1-2H2/b;;28-11+. The van der Waals surface area contributed by atoms with Gasteiger partial charge in [0.15, 0.2) is 69.2 Å². The first-order valence-corrected chi connectivity index (χ1v) is 45.4. The molecule has 0 aliphatic carbocycles. The third kappa shape index (κ3) is 19.0. The Kier molecular flexibility index (Phi) is 24.8. The van der Waals surface area contributed by atoms with Crippen molar-refractivity contribution in [2.75, 3.05) is 0 Å². The average molecular weight is 1810 g/mol. The van der Waals surface area contributed by atoms with Gasteiger partial charge in [0.1, 0.15) is 16.6 Å². The van der Waals surface area contributed by atoms with Gasteiger partial charge in [0.05, 0.1) is 34.9 Å². The topological polar surface area (TPSA) is 265 Å². The number of rotatable bonds is 20. The maximum atomic E-state index is 9.42. The van der Waals surface area contributed by atoms with Crippen LogP contribution in [0.1, 0.15) is 22.5 Å². The van der Waals surface area contributed by atoms with Crippen molar-refractivity contribution < 1.29 is 13.3 Å². The number of nitriles is 3. The van der Waals surface area contributed by atoms with Crippen LogP contribution in [-0.2, 0) is 0 Å². The molecule has 18 heteroatoms. The Morgan fingerprint density at radius 2 is 0.468 bits per heavy atom. The minimum Gasteiger partial charge on any atom is -0.436 e. The predicted molar refractivity (Wildman–Crippen MR) is 557 cm³/mol. The molecule has 0 aliphatic rings. The van der Waals surface area contributed by atoms with E-state index in [0.717, 1.165) is 150 Å². The number of hydrogen-bond donors (Lipinski definition) is 0. The predicted octanol–water partition coefficient (Wildman–Crippen LogP) is 29.7. The smallest absolute Gasteiger partial charge is 0.227 e. The van der Waals surface area contributed by atoms with E-state index >= 15 is 0 Å². The first kappa shape index (κ1) is 87.5. The summed E-state index contributed by atoms with van der Waals surface area (Å²) in [6.45, 7) is 7.76. The number of allylic oxidation sites excluding steroid dienone is 4. The highest BCUT2D eigenvalue weighted by Gasteiger charge is 2.25. The van der Waals surface area contributed by atoms with Crippen molar-refractivity contribution in [1.82, 2.24) is 59.8 Å². The lowest BCUT2D eigenvalue weighted by atomic mass is 9.94. The molecule has 0 aliphatic heterocycles. The number of oxazole rings is 3. The highest BCUT2D eigenvalue weighted by molar-refractivity contribution is 6.01. The van der Waals surface area contributed by atoms with E-state index in [2.05, 4.69) is 67.8 Å². The number of fused-ring (bicyclic) bond motifs is 3. The zero-order chi connectivity index (χ0) is 95.3.